The van der Waals surface area contributed by atoms with E-state index < -0.39 is 0 Å². The molecule has 2 aliphatic heterocycles. The van der Waals surface area contributed by atoms with Crippen molar-refractivity contribution in [3.05, 3.63) is 64.1 Å². The fourth-order valence-electron chi connectivity index (χ4n) is 4.48. The first-order valence-electron chi connectivity index (χ1n) is 10.8. The predicted molar refractivity (Wildman–Crippen MR) is 122 cm³/mol. The van der Waals surface area contributed by atoms with E-state index in [0.717, 1.165) is 22.7 Å². The molecule has 154 valence electrons. The number of benzene rings is 2. The van der Waals surface area contributed by atoms with Crippen molar-refractivity contribution in [3.8, 4) is 0 Å². The summed E-state index contributed by atoms with van der Waals surface area (Å²) < 4.78 is 1.000. The van der Waals surface area contributed by atoms with Crippen LogP contribution >= 0.6 is 15.9 Å². The van der Waals surface area contributed by atoms with Crippen LogP contribution in [0, 0.1) is 0 Å². The summed E-state index contributed by atoms with van der Waals surface area (Å²) in [5.74, 6) is -0.0683. The minimum atomic E-state index is -0.0683. The van der Waals surface area contributed by atoms with Gasteiger partial charge in [-0.05, 0) is 93.8 Å². The van der Waals surface area contributed by atoms with Gasteiger partial charge in [-0.25, -0.2) is 0 Å². The molecular weight excluding hydrogens is 426 g/mol. The minimum Gasteiger partial charge on any atom is -0.322 e. The highest BCUT2D eigenvalue weighted by Gasteiger charge is 2.25. The highest BCUT2D eigenvalue weighted by molar-refractivity contribution is 9.10. The number of likely N-dealkylation sites (tertiary alicyclic amines) is 2. The molecule has 0 atom stereocenters. The molecule has 1 amide bonds. The van der Waals surface area contributed by atoms with Gasteiger partial charge in [0.1, 0.15) is 0 Å². The fourth-order valence-corrected chi connectivity index (χ4v) is 4.75. The lowest BCUT2D eigenvalue weighted by Crippen LogP contribution is -2.46. The van der Waals surface area contributed by atoms with Crippen LogP contribution < -0.4 is 5.32 Å². The van der Waals surface area contributed by atoms with E-state index in [-0.39, 0.29) is 5.91 Å². The quantitative estimate of drug-likeness (QED) is 0.676. The topological polar surface area (TPSA) is 35.6 Å². The Morgan fingerprint density at radius 3 is 2.21 bits per heavy atom. The number of halogens is 1. The first-order chi connectivity index (χ1) is 14.2. The van der Waals surface area contributed by atoms with Crippen molar-refractivity contribution >= 4 is 27.5 Å². The zero-order valence-corrected chi connectivity index (χ0v) is 18.5. The van der Waals surface area contributed by atoms with Gasteiger partial charge in [0, 0.05) is 28.3 Å². The first-order valence-corrected chi connectivity index (χ1v) is 11.6. The molecule has 0 saturated carbocycles. The van der Waals surface area contributed by atoms with E-state index >= 15 is 0 Å². The van der Waals surface area contributed by atoms with E-state index in [1.807, 2.05) is 36.4 Å². The third kappa shape index (κ3) is 5.68. The number of hydrogen-bond donors (Lipinski definition) is 1. The molecule has 2 heterocycles. The molecule has 4 rings (SSSR count). The largest absolute Gasteiger partial charge is 0.322 e. The lowest BCUT2D eigenvalue weighted by atomic mass is 9.99. The number of carbonyl (C=O) groups is 1. The standard InChI is InChI=1S/C24H30BrN3O/c25-21-8-10-22(11-9-21)26-24(29)20-6-4-19(5-7-20)18-27-16-12-23(13-17-27)28-14-2-1-3-15-28/h4-11,23H,1-3,12-18H2,(H,26,29). The molecular formula is C24H30BrN3O. The summed E-state index contributed by atoms with van der Waals surface area (Å²) in [6, 6.07) is 16.5. The zero-order chi connectivity index (χ0) is 20.1. The molecule has 1 N–H and O–H groups in total. The third-order valence-electron chi connectivity index (χ3n) is 6.19. The second kappa shape index (κ2) is 9.88. The summed E-state index contributed by atoms with van der Waals surface area (Å²) in [6.07, 6.45) is 6.73. The number of hydrogen-bond acceptors (Lipinski definition) is 3. The molecule has 0 spiro atoms. The minimum absolute atomic E-state index is 0.0683. The van der Waals surface area contributed by atoms with Crippen molar-refractivity contribution in [1.82, 2.24) is 9.80 Å². The molecule has 0 bridgehead atoms. The molecule has 0 aromatic heterocycles. The molecule has 0 aliphatic carbocycles. The van der Waals surface area contributed by atoms with Crippen LogP contribution in [0.2, 0.25) is 0 Å². The predicted octanol–water partition coefficient (Wildman–Crippen LogP) is 5.15. The van der Waals surface area contributed by atoms with Crippen LogP contribution in [0.4, 0.5) is 5.69 Å². The van der Waals surface area contributed by atoms with Crippen LogP contribution in [-0.4, -0.2) is 47.9 Å². The lowest BCUT2D eigenvalue weighted by molar-refractivity contribution is 0.0896. The zero-order valence-electron chi connectivity index (χ0n) is 16.9. The maximum atomic E-state index is 12.4. The summed E-state index contributed by atoms with van der Waals surface area (Å²) in [5, 5.41) is 2.95. The van der Waals surface area contributed by atoms with Crippen molar-refractivity contribution in [2.75, 3.05) is 31.5 Å². The Morgan fingerprint density at radius 2 is 1.55 bits per heavy atom. The smallest absolute Gasteiger partial charge is 0.255 e. The Bertz CT molecular complexity index is 792. The van der Waals surface area contributed by atoms with Gasteiger partial charge in [0.25, 0.3) is 5.91 Å². The second-order valence-corrected chi connectivity index (χ2v) is 9.18. The Morgan fingerprint density at radius 1 is 0.897 bits per heavy atom. The van der Waals surface area contributed by atoms with Gasteiger partial charge in [-0.1, -0.05) is 34.5 Å². The Balaban J connectivity index is 1.26. The van der Waals surface area contributed by atoms with Gasteiger partial charge in [0.05, 0.1) is 0 Å². The number of nitrogens with one attached hydrogen (secondary N) is 1. The van der Waals surface area contributed by atoms with Gasteiger partial charge >= 0.3 is 0 Å². The first kappa shape index (κ1) is 20.6. The van der Waals surface area contributed by atoms with Gasteiger partial charge in [-0.15, -0.1) is 0 Å². The number of amides is 1. The SMILES string of the molecule is O=C(Nc1ccc(Br)cc1)c1ccc(CN2CCC(N3CCCCC3)CC2)cc1. The third-order valence-corrected chi connectivity index (χ3v) is 6.72. The van der Waals surface area contributed by atoms with Crippen molar-refractivity contribution in [1.29, 1.82) is 0 Å². The fraction of sp³-hybridized carbons (Fsp3) is 0.458. The van der Waals surface area contributed by atoms with Crippen molar-refractivity contribution in [2.45, 2.75) is 44.7 Å². The molecule has 5 heteroatoms. The molecule has 2 fully saturated rings. The molecule has 0 unspecified atom stereocenters. The number of rotatable bonds is 5. The summed E-state index contributed by atoms with van der Waals surface area (Å²) in [6.45, 7) is 5.92. The molecule has 2 aromatic rings. The normalized spacial score (nSPS) is 19.2. The van der Waals surface area contributed by atoms with Crippen LogP contribution in [0.15, 0.2) is 53.0 Å². The van der Waals surface area contributed by atoms with E-state index in [0.29, 0.717) is 5.56 Å². The van der Waals surface area contributed by atoms with E-state index in [1.54, 1.807) is 0 Å². The molecule has 2 aliphatic rings. The highest BCUT2D eigenvalue weighted by Crippen LogP contribution is 2.22. The molecule has 4 nitrogen and oxygen atoms in total. The average molecular weight is 456 g/mol. The van der Waals surface area contributed by atoms with E-state index in [1.165, 1.54) is 63.8 Å². The Labute approximate surface area is 182 Å². The van der Waals surface area contributed by atoms with Crippen LogP contribution in [0.5, 0.6) is 0 Å². The van der Waals surface area contributed by atoms with Gasteiger partial charge in [0.2, 0.25) is 0 Å². The maximum Gasteiger partial charge on any atom is 0.255 e. The lowest BCUT2D eigenvalue weighted by Gasteiger charge is -2.40. The Kier molecular flexibility index (Phi) is 7.01. The van der Waals surface area contributed by atoms with Crippen LogP contribution in [0.1, 0.15) is 48.0 Å². The molecule has 2 saturated heterocycles. The van der Waals surface area contributed by atoms with Crippen molar-refractivity contribution < 1.29 is 4.79 Å². The summed E-state index contributed by atoms with van der Waals surface area (Å²) in [4.78, 5) is 17.7. The average Bonchev–Trinajstić information content (AvgIpc) is 2.77. The van der Waals surface area contributed by atoms with Crippen LogP contribution in [-0.2, 0) is 6.54 Å². The highest BCUT2D eigenvalue weighted by atomic mass is 79.9. The van der Waals surface area contributed by atoms with Crippen molar-refractivity contribution in [2.24, 2.45) is 0 Å². The number of nitrogens with zero attached hydrogens (tertiary/aromatic N) is 2. The van der Waals surface area contributed by atoms with Crippen molar-refractivity contribution in [3.63, 3.8) is 0 Å². The second-order valence-electron chi connectivity index (χ2n) is 8.26. The maximum absolute atomic E-state index is 12.4. The Hall–Kier alpha value is -1.69. The monoisotopic (exact) mass is 455 g/mol. The van der Waals surface area contributed by atoms with E-state index in [9.17, 15) is 4.79 Å². The van der Waals surface area contributed by atoms with Crippen LogP contribution in [0.25, 0.3) is 0 Å². The van der Waals surface area contributed by atoms with Gasteiger partial charge in [-0.3, -0.25) is 9.69 Å². The van der Waals surface area contributed by atoms with Gasteiger partial charge in [0.15, 0.2) is 0 Å². The van der Waals surface area contributed by atoms with Gasteiger partial charge < -0.3 is 10.2 Å². The summed E-state index contributed by atoms with van der Waals surface area (Å²) in [5.41, 5.74) is 2.78. The van der Waals surface area contributed by atoms with E-state index in [2.05, 4.69) is 43.2 Å². The number of carbonyl (C=O) groups excluding carboxylic acids is 1. The molecule has 29 heavy (non-hydrogen) atoms. The number of piperidine rings is 2. The summed E-state index contributed by atoms with van der Waals surface area (Å²) in [7, 11) is 0. The van der Waals surface area contributed by atoms with E-state index in [4.69, 9.17) is 0 Å². The van der Waals surface area contributed by atoms with Crippen LogP contribution in [0.3, 0.4) is 0 Å². The molecule has 2 aromatic carbocycles. The van der Waals surface area contributed by atoms with Gasteiger partial charge in [-0.2, -0.15) is 0 Å². The number of anilines is 1. The molecule has 0 radical (unpaired) electrons. The summed E-state index contributed by atoms with van der Waals surface area (Å²) >= 11 is 3.41.